The highest BCUT2D eigenvalue weighted by Crippen LogP contribution is 2.49. The molecule has 0 atom stereocenters. The van der Waals surface area contributed by atoms with E-state index in [1.165, 1.54) is 28.0 Å². The number of ketones is 1. The van der Waals surface area contributed by atoms with Gasteiger partial charge in [-0.05, 0) is 46.1 Å². The quantitative estimate of drug-likeness (QED) is 0.603. The van der Waals surface area contributed by atoms with E-state index in [4.69, 9.17) is 0 Å². The maximum atomic E-state index is 12.4. The molecule has 0 saturated carbocycles. The molecule has 2 heterocycles. The van der Waals surface area contributed by atoms with Crippen molar-refractivity contribution in [2.45, 2.75) is 6.42 Å². The van der Waals surface area contributed by atoms with Crippen molar-refractivity contribution in [2.24, 2.45) is 0 Å². The predicted molar refractivity (Wildman–Crippen MR) is 114 cm³/mol. The number of carbonyl (C=O) groups is 1. The first-order chi connectivity index (χ1) is 13.8. The molecule has 0 N–H and O–H groups in total. The predicted octanol–water partition coefficient (Wildman–Crippen LogP) is 5.68. The molecule has 4 aliphatic rings. The Morgan fingerprint density at radius 1 is 0.821 bits per heavy atom. The van der Waals surface area contributed by atoms with Crippen molar-refractivity contribution < 1.29 is 4.79 Å². The summed E-state index contributed by atoms with van der Waals surface area (Å²) >= 11 is 0. The molecule has 0 unspecified atom stereocenters. The average Bonchev–Trinajstić information content (AvgIpc) is 2.97. The average molecular weight is 359 g/mol. The van der Waals surface area contributed by atoms with Gasteiger partial charge in [0.05, 0.1) is 11.4 Å². The van der Waals surface area contributed by atoms with Crippen molar-refractivity contribution in [3.63, 3.8) is 0 Å². The van der Waals surface area contributed by atoms with Gasteiger partial charge in [-0.1, -0.05) is 66.8 Å². The summed E-state index contributed by atoms with van der Waals surface area (Å²) in [7, 11) is 0. The molecule has 132 valence electrons. The van der Waals surface area contributed by atoms with Crippen LogP contribution in [-0.2, 0) is 4.79 Å². The van der Waals surface area contributed by atoms with Crippen molar-refractivity contribution in [2.75, 3.05) is 4.90 Å². The van der Waals surface area contributed by atoms with Crippen LogP contribution in [0.4, 0.5) is 5.69 Å². The Labute approximate surface area is 163 Å². The SMILES string of the molecule is O=C1C=CC2=C(C1)c1ccccc1N1C=CC=C3C=Cc4ccccc4C2=C31. The molecule has 0 spiro atoms. The lowest BCUT2D eigenvalue weighted by atomic mass is 9.83. The van der Waals surface area contributed by atoms with Gasteiger partial charge in [0.1, 0.15) is 0 Å². The van der Waals surface area contributed by atoms with Gasteiger partial charge < -0.3 is 4.90 Å². The van der Waals surface area contributed by atoms with Gasteiger partial charge in [0.15, 0.2) is 5.78 Å². The highest BCUT2D eigenvalue weighted by atomic mass is 16.1. The van der Waals surface area contributed by atoms with Crippen LogP contribution in [0.15, 0.2) is 102 Å². The van der Waals surface area contributed by atoms with Gasteiger partial charge in [-0.25, -0.2) is 0 Å². The summed E-state index contributed by atoms with van der Waals surface area (Å²) in [5.41, 5.74) is 10.5. The van der Waals surface area contributed by atoms with E-state index in [2.05, 4.69) is 83.9 Å². The van der Waals surface area contributed by atoms with Gasteiger partial charge in [0, 0.05) is 23.8 Å². The molecule has 0 amide bonds. The number of fused-ring (bicyclic) bond motifs is 6. The summed E-state index contributed by atoms with van der Waals surface area (Å²) in [6.45, 7) is 0. The molecule has 2 nitrogen and oxygen atoms in total. The second kappa shape index (κ2) is 5.67. The molecule has 0 bridgehead atoms. The van der Waals surface area contributed by atoms with E-state index in [0.29, 0.717) is 6.42 Å². The second-order valence-electron chi connectivity index (χ2n) is 7.36. The smallest absolute Gasteiger partial charge is 0.160 e. The normalized spacial score (nSPS) is 18.8. The van der Waals surface area contributed by atoms with Crippen LogP contribution < -0.4 is 4.90 Å². The second-order valence-corrected chi connectivity index (χ2v) is 7.36. The lowest BCUT2D eigenvalue weighted by molar-refractivity contribution is -0.113. The number of rotatable bonds is 0. The highest BCUT2D eigenvalue weighted by Gasteiger charge is 2.33. The zero-order valence-corrected chi connectivity index (χ0v) is 15.2. The van der Waals surface area contributed by atoms with E-state index in [9.17, 15) is 4.79 Å². The van der Waals surface area contributed by atoms with Gasteiger partial charge >= 0.3 is 0 Å². The lowest BCUT2D eigenvalue weighted by Gasteiger charge is -2.29. The first-order valence-corrected chi connectivity index (χ1v) is 9.55. The Kier molecular flexibility index (Phi) is 3.12. The number of nitrogens with zero attached hydrogens (tertiary/aromatic N) is 1. The van der Waals surface area contributed by atoms with Crippen LogP contribution in [0.5, 0.6) is 0 Å². The molecule has 2 aromatic carbocycles. The van der Waals surface area contributed by atoms with E-state index < -0.39 is 0 Å². The Morgan fingerprint density at radius 2 is 1.64 bits per heavy atom. The molecule has 0 saturated heterocycles. The van der Waals surface area contributed by atoms with Crippen LogP contribution >= 0.6 is 0 Å². The minimum atomic E-state index is 0.158. The summed E-state index contributed by atoms with van der Waals surface area (Å²) in [5, 5.41) is 0. The first kappa shape index (κ1) is 15.4. The molecular formula is C26H17NO. The van der Waals surface area contributed by atoms with Crippen LogP contribution in [0.2, 0.25) is 0 Å². The number of hydrogen-bond donors (Lipinski definition) is 0. The summed E-state index contributed by atoms with van der Waals surface area (Å²) < 4.78 is 0. The third-order valence-electron chi connectivity index (χ3n) is 5.80. The zero-order valence-electron chi connectivity index (χ0n) is 15.2. The minimum absolute atomic E-state index is 0.158. The molecule has 2 aliphatic heterocycles. The topological polar surface area (TPSA) is 20.3 Å². The van der Waals surface area contributed by atoms with E-state index in [1.54, 1.807) is 6.08 Å². The van der Waals surface area contributed by atoms with Crippen LogP contribution in [0.25, 0.3) is 17.2 Å². The number of anilines is 1. The summed E-state index contributed by atoms with van der Waals surface area (Å²) in [6, 6.07) is 16.9. The van der Waals surface area contributed by atoms with Gasteiger partial charge in [-0.15, -0.1) is 0 Å². The van der Waals surface area contributed by atoms with Gasteiger partial charge in [0.25, 0.3) is 0 Å². The third kappa shape index (κ3) is 2.06. The largest absolute Gasteiger partial charge is 0.315 e. The van der Waals surface area contributed by atoms with E-state index >= 15 is 0 Å². The van der Waals surface area contributed by atoms with E-state index in [0.717, 1.165) is 22.4 Å². The number of hydrogen-bond acceptors (Lipinski definition) is 2. The van der Waals surface area contributed by atoms with Crippen molar-refractivity contribution in [1.82, 2.24) is 0 Å². The molecule has 2 aliphatic carbocycles. The zero-order chi connectivity index (χ0) is 18.7. The van der Waals surface area contributed by atoms with Crippen LogP contribution in [0, 0.1) is 0 Å². The molecule has 2 aromatic rings. The Balaban J connectivity index is 1.80. The minimum Gasteiger partial charge on any atom is -0.315 e. The molecule has 2 heteroatoms. The third-order valence-corrected chi connectivity index (χ3v) is 5.80. The number of allylic oxidation sites excluding steroid dienone is 8. The fourth-order valence-corrected chi connectivity index (χ4v) is 4.59. The fourth-order valence-electron chi connectivity index (χ4n) is 4.59. The van der Waals surface area contributed by atoms with Gasteiger partial charge in [-0.3, -0.25) is 4.79 Å². The number of benzene rings is 2. The summed E-state index contributed by atoms with van der Waals surface area (Å²) in [5.74, 6) is 0.158. The van der Waals surface area contributed by atoms with Crippen LogP contribution in [-0.4, -0.2) is 5.78 Å². The standard InChI is InChI=1S/C26H17NO/c28-19-13-14-22-23(16-19)21-9-3-4-10-24(21)27-15-5-7-18-12-11-17-6-1-2-8-20(17)25(22)26(18)27/h1-15H,16H2. The van der Waals surface area contributed by atoms with Crippen LogP contribution in [0.3, 0.4) is 0 Å². The molecule has 28 heavy (non-hydrogen) atoms. The Bertz CT molecular complexity index is 1250. The summed E-state index contributed by atoms with van der Waals surface area (Å²) in [4.78, 5) is 14.6. The maximum absolute atomic E-state index is 12.4. The molecule has 0 aromatic heterocycles. The van der Waals surface area contributed by atoms with E-state index in [1.807, 2.05) is 6.08 Å². The maximum Gasteiger partial charge on any atom is 0.160 e. The first-order valence-electron chi connectivity index (χ1n) is 9.55. The molecule has 0 fully saturated rings. The Morgan fingerprint density at radius 3 is 2.57 bits per heavy atom. The van der Waals surface area contributed by atoms with Gasteiger partial charge in [0.2, 0.25) is 0 Å². The fraction of sp³-hybridized carbons (Fsp3) is 0.0385. The number of carbonyl (C=O) groups excluding carboxylic acids is 1. The van der Waals surface area contributed by atoms with Crippen molar-refractivity contribution >= 4 is 28.7 Å². The highest BCUT2D eigenvalue weighted by molar-refractivity contribution is 6.11. The summed E-state index contributed by atoms with van der Waals surface area (Å²) in [6.07, 6.45) is 15.0. The molecule has 6 rings (SSSR count). The number of para-hydroxylation sites is 1. The monoisotopic (exact) mass is 359 g/mol. The van der Waals surface area contributed by atoms with Crippen molar-refractivity contribution in [3.05, 3.63) is 119 Å². The lowest BCUT2D eigenvalue weighted by Crippen LogP contribution is -2.20. The van der Waals surface area contributed by atoms with Crippen molar-refractivity contribution in [1.29, 1.82) is 0 Å². The Hall–Kier alpha value is -3.65. The van der Waals surface area contributed by atoms with E-state index in [-0.39, 0.29) is 5.78 Å². The van der Waals surface area contributed by atoms with Gasteiger partial charge in [-0.2, -0.15) is 0 Å². The molecule has 0 radical (unpaired) electrons. The van der Waals surface area contributed by atoms with Crippen molar-refractivity contribution in [3.8, 4) is 0 Å². The van der Waals surface area contributed by atoms with Crippen LogP contribution in [0.1, 0.15) is 23.1 Å². The molecular weight excluding hydrogens is 342 g/mol.